The van der Waals surface area contributed by atoms with E-state index in [1.165, 1.54) is 5.56 Å². The van der Waals surface area contributed by atoms with E-state index in [4.69, 9.17) is 11.6 Å². The summed E-state index contributed by atoms with van der Waals surface area (Å²) in [5.41, 5.74) is 1.17. The molecule has 0 aliphatic carbocycles. The molecule has 1 aliphatic heterocycles. The van der Waals surface area contributed by atoms with Crippen LogP contribution in [0.2, 0.25) is 5.02 Å². The summed E-state index contributed by atoms with van der Waals surface area (Å²) in [7, 11) is 4.10. The number of nitrogens with one attached hydrogen (secondary N) is 1. The Morgan fingerprint density at radius 3 is 2.81 bits per heavy atom. The maximum atomic E-state index is 6.02. The first-order valence-electron chi connectivity index (χ1n) is 5.38. The van der Waals surface area contributed by atoms with Gasteiger partial charge in [-0.1, -0.05) is 23.7 Å². The average molecular weight is 238 g/mol. The van der Waals surface area contributed by atoms with Crippen LogP contribution in [0.4, 0.5) is 0 Å². The number of hydrogen-bond acceptors (Lipinski definition) is 3. The highest BCUT2D eigenvalue weighted by Crippen LogP contribution is 2.23. The number of hydrogen-bond donors (Lipinski definition) is 1. The minimum absolute atomic E-state index is 0.168. The monoisotopic (exact) mass is 237 g/mol. The molecular weight excluding hydrogens is 222 g/mol. The average Bonchev–Trinajstić information content (AvgIpc) is 2.71. The Morgan fingerprint density at radius 1 is 1.44 bits per heavy atom. The van der Waals surface area contributed by atoms with Crippen molar-refractivity contribution < 1.29 is 0 Å². The Hall–Kier alpha value is -1.06. The molecule has 1 unspecified atom stereocenters. The van der Waals surface area contributed by atoms with Gasteiger partial charge in [0.2, 0.25) is 0 Å². The predicted molar refractivity (Wildman–Crippen MR) is 68.2 cm³/mol. The van der Waals surface area contributed by atoms with Gasteiger partial charge in [0.25, 0.3) is 0 Å². The molecular formula is C12H16ClN3. The number of nitrogens with zero attached hydrogens (tertiary/aromatic N) is 2. The summed E-state index contributed by atoms with van der Waals surface area (Å²) in [5.74, 6) is 1.03. The van der Waals surface area contributed by atoms with Crippen molar-refractivity contribution in [3.63, 3.8) is 0 Å². The van der Waals surface area contributed by atoms with Gasteiger partial charge in [-0.25, -0.2) is 0 Å². The third-order valence-electron chi connectivity index (χ3n) is 2.64. The maximum absolute atomic E-state index is 6.02. The van der Waals surface area contributed by atoms with Gasteiger partial charge in [-0.2, -0.15) is 0 Å². The summed E-state index contributed by atoms with van der Waals surface area (Å²) in [4.78, 5) is 6.63. The first-order valence-corrected chi connectivity index (χ1v) is 5.76. The van der Waals surface area contributed by atoms with Gasteiger partial charge in [0, 0.05) is 11.6 Å². The van der Waals surface area contributed by atoms with Gasteiger partial charge in [-0.3, -0.25) is 9.89 Å². The lowest BCUT2D eigenvalue weighted by Crippen LogP contribution is -2.34. The van der Waals surface area contributed by atoms with Crippen molar-refractivity contribution in [2.24, 2.45) is 4.99 Å². The summed E-state index contributed by atoms with van der Waals surface area (Å²) >= 11 is 6.02. The van der Waals surface area contributed by atoms with Crippen molar-refractivity contribution in [1.82, 2.24) is 10.2 Å². The van der Waals surface area contributed by atoms with Gasteiger partial charge in [0.15, 0.2) is 0 Å². The fourth-order valence-corrected chi connectivity index (χ4v) is 2.18. The van der Waals surface area contributed by atoms with E-state index in [0.29, 0.717) is 0 Å². The van der Waals surface area contributed by atoms with Crippen molar-refractivity contribution in [3.8, 4) is 0 Å². The molecule has 0 saturated heterocycles. The number of halogens is 1. The fourth-order valence-electron chi connectivity index (χ4n) is 1.98. The Kier molecular flexibility index (Phi) is 3.46. The van der Waals surface area contributed by atoms with E-state index >= 15 is 0 Å². The topological polar surface area (TPSA) is 27.6 Å². The summed E-state index contributed by atoms with van der Waals surface area (Å²) in [5, 5.41) is 4.09. The highest BCUT2D eigenvalue weighted by atomic mass is 35.5. The smallest absolute Gasteiger partial charge is 0.119 e. The number of aliphatic imine (C=N–C) groups is 1. The lowest BCUT2D eigenvalue weighted by Gasteiger charge is -2.25. The molecule has 0 spiro atoms. The summed E-state index contributed by atoms with van der Waals surface area (Å²) in [6.07, 6.45) is 0. The third-order valence-corrected chi connectivity index (χ3v) is 2.87. The van der Waals surface area contributed by atoms with Crippen LogP contribution in [0.5, 0.6) is 0 Å². The van der Waals surface area contributed by atoms with E-state index < -0.39 is 0 Å². The molecule has 0 bridgehead atoms. The SMILES string of the molecule is CN(C)C(C1=NCCN1)c1cccc(Cl)c1. The molecule has 1 heterocycles. The van der Waals surface area contributed by atoms with Crippen LogP contribution in [-0.4, -0.2) is 37.9 Å². The van der Waals surface area contributed by atoms with Crippen molar-refractivity contribution >= 4 is 17.4 Å². The molecule has 3 nitrogen and oxygen atoms in total. The number of rotatable bonds is 3. The van der Waals surface area contributed by atoms with E-state index in [9.17, 15) is 0 Å². The molecule has 4 heteroatoms. The molecule has 0 saturated carbocycles. The maximum Gasteiger partial charge on any atom is 0.119 e. The summed E-state index contributed by atoms with van der Waals surface area (Å²) in [6, 6.07) is 8.11. The zero-order valence-electron chi connectivity index (χ0n) is 9.57. The quantitative estimate of drug-likeness (QED) is 0.870. The summed E-state index contributed by atoms with van der Waals surface area (Å²) < 4.78 is 0. The van der Waals surface area contributed by atoms with Crippen molar-refractivity contribution in [2.45, 2.75) is 6.04 Å². The second-order valence-corrected chi connectivity index (χ2v) is 4.55. The van der Waals surface area contributed by atoms with E-state index in [1.54, 1.807) is 0 Å². The van der Waals surface area contributed by atoms with Crippen molar-refractivity contribution in [3.05, 3.63) is 34.9 Å². The Bertz CT molecular complexity index is 401. The first-order chi connectivity index (χ1) is 7.68. The summed E-state index contributed by atoms with van der Waals surface area (Å²) in [6.45, 7) is 1.79. The van der Waals surface area contributed by atoms with Crippen molar-refractivity contribution in [1.29, 1.82) is 0 Å². The van der Waals surface area contributed by atoms with Crippen LogP contribution in [0.15, 0.2) is 29.3 Å². The minimum atomic E-state index is 0.168. The molecule has 1 atom stereocenters. The number of likely N-dealkylation sites (N-methyl/N-ethyl adjacent to an activating group) is 1. The van der Waals surface area contributed by atoms with Gasteiger partial charge >= 0.3 is 0 Å². The van der Waals surface area contributed by atoms with Crippen LogP contribution in [0, 0.1) is 0 Å². The molecule has 0 fully saturated rings. The zero-order valence-corrected chi connectivity index (χ0v) is 10.3. The minimum Gasteiger partial charge on any atom is -0.370 e. The van der Waals surface area contributed by atoms with Crippen LogP contribution in [-0.2, 0) is 0 Å². The lowest BCUT2D eigenvalue weighted by atomic mass is 10.1. The van der Waals surface area contributed by atoms with Gasteiger partial charge in [0.05, 0.1) is 12.6 Å². The number of amidine groups is 1. The molecule has 1 N–H and O–H groups in total. The molecule has 1 aromatic rings. The molecule has 2 rings (SSSR count). The Balaban J connectivity index is 2.32. The lowest BCUT2D eigenvalue weighted by molar-refractivity contribution is 0.365. The van der Waals surface area contributed by atoms with Crippen LogP contribution in [0.3, 0.4) is 0 Å². The zero-order chi connectivity index (χ0) is 11.5. The molecule has 0 aromatic heterocycles. The Morgan fingerprint density at radius 2 is 2.25 bits per heavy atom. The van der Waals surface area contributed by atoms with E-state index in [2.05, 4.69) is 21.3 Å². The fraction of sp³-hybridized carbons (Fsp3) is 0.417. The van der Waals surface area contributed by atoms with E-state index in [0.717, 1.165) is 23.9 Å². The van der Waals surface area contributed by atoms with E-state index in [1.807, 2.05) is 32.3 Å². The predicted octanol–water partition coefficient (Wildman–Crippen LogP) is 1.94. The van der Waals surface area contributed by atoms with Crippen LogP contribution >= 0.6 is 11.6 Å². The molecule has 0 amide bonds. The molecule has 16 heavy (non-hydrogen) atoms. The standard InChI is InChI=1S/C12H16ClN3/c1-16(2)11(12-14-6-7-15-12)9-4-3-5-10(13)8-9/h3-5,8,11H,6-7H2,1-2H3,(H,14,15). The highest BCUT2D eigenvalue weighted by Gasteiger charge is 2.22. The van der Waals surface area contributed by atoms with Gasteiger partial charge < -0.3 is 5.32 Å². The van der Waals surface area contributed by atoms with Crippen LogP contribution in [0.1, 0.15) is 11.6 Å². The second kappa shape index (κ2) is 4.85. The van der Waals surface area contributed by atoms with Gasteiger partial charge in [-0.15, -0.1) is 0 Å². The Labute approximate surface area is 101 Å². The molecule has 86 valence electrons. The van der Waals surface area contributed by atoms with Crippen molar-refractivity contribution in [2.75, 3.05) is 27.2 Å². The second-order valence-electron chi connectivity index (χ2n) is 4.11. The largest absolute Gasteiger partial charge is 0.370 e. The highest BCUT2D eigenvalue weighted by molar-refractivity contribution is 6.30. The molecule has 1 aliphatic rings. The molecule has 1 aromatic carbocycles. The normalized spacial score (nSPS) is 17.1. The van der Waals surface area contributed by atoms with E-state index in [-0.39, 0.29) is 6.04 Å². The van der Waals surface area contributed by atoms with Gasteiger partial charge in [-0.05, 0) is 31.8 Å². The van der Waals surface area contributed by atoms with Crippen LogP contribution < -0.4 is 5.32 Å². The van der Waals surface area contributed by atoms with Gasteiger partial charge in [0.1, 0.15) is 5.84 Å². The first kappa shape index (κ1) is 11.4. The molecule has 0 radical (unpaired) electrons. The van der Waals surface area contributed by atoms with Crippen LogP contribution in [0.25, 0.3) is 0 Å². The number of benzene rings is 1. The third kappa shape index (κ3) is 2.36.